The number of ketones is 1. The third-order valence-corrected chi connectivity index (χ3v) is 2.35. The van der Waals surface area contributed by atoms with Crippen LogP contribution in [0, 0.1) is 0 Å². The van der Waals surface area contributed by atoms with Gasteiger partial charge in [-0.25, -0.2) is 4.98 Å². The maximum atomic E-state index is 12.0. The molecule has 2 aromatic rings. The van der Waals surface area contributed by atoms with Crippen molar-refractivity contribution in [1.29, 1.82) is 0 Å². The first kappa shape index (κ1) is 10.6. The first-order valence-corrected chi connectivity index (χ1v) is 5.08. The Morgan fingerprint density at radius 1 is 1.12 bits per heavy atom. The Bertz CT molecular complexity index is 526. The minimum absolute atomic E-state index is 0.193. The molecule has 0 amide bonds. The number of benzene rings is 1. The topological polar surface area (TPSA) is 56.0 Å². The SMILES string of the molecule is Nc1ccc(Cl)nc1C(=O)c1ccccc1. The number of aromatic nitrogens is 1. The van der Waals surface area contributed by atoms with Crippen molar-refractivity contribution in [3.05, 3.63) is 58.9 Å². The van der Waals surface area contributed by atoms with Crippen molar-refractivity contribution in [2.45, 2.75) is 0 Å². The predicted molar refractivity (Wildman–Crippen MR) is 63.5 cm³/mol. The van der Waals surface area contributed by atoms with Gasteiger partial charge < -0.3 is 5.73 Å². The lowest BCUT2D eigenvalue weighted by Gasteiger charge is -2.03. The molecule has 0 aliphatic carbocycles. The molecule has 1 aromatic carbocycles. The van der Waals surface area contributed by atoms with Crippen molar-refractivity contribution >= 4 is 23.1 Å². The molecule has 0 saturated heterocycles. The van der Waals surface area contributed by atoms with E-state index in [1.165, 1.54) is 0 Å². The van der Waals surface area contributed by atoms with Crippen LogP contribution >= 0.6 is 11.6 Å². The summed E-state index contributed by atoms with van der Waals surface area (Å²) < 4.78 is 0. The smallest absolute Gasteiger partial charge is 0.213 e. The van der Waals surface area contributed by atoms with Crippen molar-refractivity contribution < 1.29 is 4.79 Å². The number of halogens is 1. The van der Waals surface area contributed by atoms with Crippen molar-refractivity contribution in [3.63, 3.8) is 0 Å². The average Bonchev–Trinajstić information content (AvgIpc) is 2.32. The zero-order valence-electron chi connectivity index (χ0n) is 8.35. The zero-order valence-corrected chi connectivity index (χ0v) is 9.11. The van der Waals surface area contributed by atoms with E-state index >= 15 is 0 Å². The summed E-state index contributed by atoms with van der Waals surface area (Å²) in [5.74, 6) is -0.222. The number of pyridine rings is 1. The van der Waals surface area contributed by atoms with E-state index in [9.17, 15) is 4.79 Å². The van der Waals surface area contributed by atoms with Crippen LogP contribution in [0.2, 0.25) is 5.15 Å². The molecule has 2 N–H and O–H groups in total. The second-order valence-electron chi connectivity index (χ2n) is 3.27. The molecular weight excluding hydrogens is 224 g/mol. The van der Waals surface area contributed by atoms with Gasteiger partial charge in [0.05, 0.1) is 5.69 Å². The van der Waals surface area contributed by atoms with Gasteiger partial charge in [0.25, 0.3) is 0 Å². The number of nitrogen functional groups attached to an aromatic ring is 1. The third kappa shape index (κ3) is 2.04. The monoisotopic (exact) mass is 232 g/mol. The van der Waals surface area contributed by atoms with Gasteiger partial charge in [-0.2, -0.15) is 0 Å². The highest BCUT2D eigenvalue weighted by Crippen LogP contribution is 2.17. The molecule has 0 atom stereocenters. The van der Waals surface area contributed by atoms with Crippen molar-refractivity contribution in [3.8, 4) is 0 Å². The first-order valence-electron chi connectivity index (χ1n) is 4.70. The number of hydrogen-bond acceptors (Lipinski definition) is 3. The normalized spacial score (nSPS) is 10.1. The molecule has 2 rings (SSSR count). The molecular formula is C12H9ClN2O. The second kappa shape index (κ2) is 4.33. The molecule has 0 radical (unpaired) electrons. The molecule has 0 spiro atoms. The molecule has 0 aliphatic rings. The molecule has 1 heterocycles. The zero-order chi connectivity index (χ0) is 11.5. The summed E-state index contributed by atoms with van der Waals surface area (Å²) in [4.78, 5) is 16.0. The van der Waals surface area contributed by atoms with Crippen LogP contribution in [0.4, 0.5) is 5.69 Å². The van der Waals surface area contributed by atoms with E-state index in [4.69, 9.17) is 17.3 Å². The summed E-state index contributed by atoms with van der Waals surface area (Å²) in [7, 11) is 0. The van der Waals surface area contributed by atoms with Gasteiger partial charge in [-0.3, -0.25) is 4.79 Å². The van der Waals surface area contributed by atoms with Gasteiger partial charge in [-0.1, -0.05) is 41.9 Å². The largest absolute Gasteiger partial charge is 0.397 e. The minimum atomic E-state index is -0.222. The highest BCUT2D eigenvalue weighted by atomic mass is 35.5. The van der Waals surface area contributed by atoms with E-state index in [1.807, 2.05) is 6.07 Å². The Kier molecular flexibility index (Phi) is 2.88. The maximum Gasteiger partial charge on any atom is 0.213 e. The lowest BCUT2D eigenvalue weighted by molar-refractivity contribution is 0.103. The van der Waals surface area contributed by atoms with Gasteiger partial charge in [0.1, 0.15) is 10.8 Å². The molecule has 0 aliphatic heterocycles. The number of carbonyl (C=O) groups is 1. The molecule has 4 heteroatoms. The van der Waals surface area contributed by atoms with Crippen LogP contribution in [0.25, 0.3) is 0 Å². The molecule has 16 heavy (non-hydrogen) atoms. The number of carbonyl (C=O) groups excluding carboxylic acids is 1. The Hall–Kier alpha value is -1.87. The number of rotatable bonds is 2. The van der Waals surface area contributed by atoms with Crippen molar-refractivity contribution in [2.75, 3.05) is 5.73 Å². The van der Waals surface area contributed by atoms with E-state index in [-0.39, 0.29) is 16.6 Å². The lowest BCUT2D eigenvalue weighted by atomic mass is 10.1. The summed E-state index contributed by atoms with van der Waals surface area (Å²) in [6, 6.07) is 12.0. The van der Waals surface area contributed by atoms with Crippen molar-refractivity contribution in [1.82, 2.24) is 4.98 Å². The fourth-order valence-electron chi connectivity index (χ4n) is 1.35. The molecule has 0 bridgehead atoms. The molecule has 1 aromatic heterocycles. The van der Waals surface area contributed by atoms with E-state index in [0.29, 0.717) is 11.3 Å². The Balaban J connectivity index is 2.46. The lowest BCUT2D eigenvalue weighted by Crippen LogP contribution is -2.07. The first-order chi connectivity index (χ1) is 7.68. The summed E-state index contributed by atoms with van der Waals surface area (Å²) >= 11 is 5.73. The van der Waals surface area contributed by atoms with Crippen LogP contribution in [-0.2, 0) is 0 Å². The van der Waals surface area contributed by atoms with E-state index in [0.717, 1.165) is 0 Å². The predicted octanol–water partition coefficient (Wildman–Crippen LogP) is 2.55. The highest BCUT2D eigenvalue weighted by Gasteiger charge is 2.13. The van der Waals surface area contributed by atoms with Gasteiger partial charge in [0.15, 0.2) is 0 Å². The summed E-state index contributed by atoms with van der Waals surface area (Å²) in [6.45, 7) is 0. The third-order valence-electron chi connectivity index (χ3n) is 2.14. The summed E-state index contributed by atoms with van der Waals surface area (Å²) in [5.41, 5.74) is 6.76. The Labute approximate surface area is 97.9 Å². The number of anilines is 1. The van der Waals surface area contributed by atoms with Crippen LogP contribution in [0.3, 0.4) is 0 Å². The maximum absolute atomic E-state index is 12.0. The van der Waals surface area contributed by atoms with Gasteiger partial charge in [-0.05, 0) is 12.1 Å². The average molecular weight is 233 g/mol. The van der Waals surface area contributed by atoms with Crippen LogP contribution in [0.15, 0.2) is 42.5 Å². The number of hydrogen-bond donors (Lipinski definition) is 1. The molecule has 0 fully saturated rings. The van der Waals surface area contributed by atoms with Crippen LogP contribution in [-0.4, -0.2) is 10.8 Å². The highest BCUT2D eigenvalue weighted by molar-refractivity contribution is 6.29. The fourth-order valence-corrected chi connectivity index (χ4v) is 1.50. The van der Waals surface area contributed by atoms with E-state index < -0.39 is 0 Å². The second-order valence-corrected chi connectivity index (χ2v) is 3.65. The van der Waals surface area contributed by atoms with Crippen molar-refractivity contribution in [2.24, 2.45) is 0 Å². The van der Waals surface area contributed by atoms with Gasteiger partial charge in [0.2, 0.25) is 5.78 Å². The Morgan fingerprint density at radius 3 is 2.50 bits per heavy atom. The van der Waals surface area contributed by atoms with Gasteiger partial charge in [0, 0.05) is 5.56 Å². The van der Waals surface area contributed by atoms with Crippen LogP contribution in [0.5, 0.6) is 0 Å². The van der Waals surface area contributed by atoms with Crippen LogP contribution in [0.1, 0.15) is 16.1 Å². The van der Waals surface area contributed by atoms with Crippen LogP contribution < -0.4 is 5.73 Å². The molecule has 0 saturated carbocycles. The quantitative estimate of drug-likeness (QED) is 0.640. The summed E-state index contributed by atoms with van der Waals surface area (Å²) in [6.07, 6.45) is 0. The standard InChI is InChI=1S/C12H9ClN2O/c13-10-7-6-9(14)11(15-10)12(16)8-4-2-1-3-5-8/h1-7H,14H2. The van der Waals surface area contributed by atoms with Gasteiger partial charge >= 0.3 is 0 Å². The fraction of sp³-hybridized carbons (Fsp3) is 0. The molecule has 0 unspecified atom stereocenters. The number of nitrogens with two attached hydrogens (primary N) is 1. The number of nitrogens with zero attached hydrogens (tertiary/aromatic N) is 1. The Morgan fingerprint density at radius 2 is 1.81 bits per heavy atom. The van der Waals surface area contributed by atoms with E-state index in [2.05, 4.69) is 4.98 Å². The van der Waals surface area contributed by atoms with Gasteiger partial charge in [-0.15, -0.1) is 0 Å². The molecule has 3 nitrogen and oxygen atoms in total. The summed E-state index contributed by atoms with van der Waals surface area (Å²) in [5, 5.41) is 0.258. The minimum Gasteiger partial charge on any atom is -0.397 e. The van der Waals surface area contributed by atoms with E-state index in [1.54, 1.807) is 36.4 Å². The molecule has 80 valence electrons.